The van der Waals surface area contributed by atoms with Crippen molar-refractivity contribution < 1.29 is 19.1 Å². The third kappa shape index (κ3) is 6.07. The van der Waals surface area contributed by atoms with Gasteiger partial charge in [-0.05, 0) is 56.0 Å². The number of anilines is 1. The lowest BCUT2D eigenvalue weighted by Gasteiger charge is -2.26. The van der Waals surface area contributed by atoms with Crippen molar-refractivity contribution in [3.05, 3.63) is 60.2 Å². The molecule has 7 heteroatoms. The van der Waals surface area contributed by atoms with Crippen LogP contribution in [0.15, 0.2) is 54.6 Å². The van der Waals surface area contributed by atoms with E-state index in [2.05, 4.69) is 10.6 Å². The summed E-state index contributed by atoms with van der Waals surface area (Å²) in [4.78, 5) is 39.0. The molecule has 1 fully saturated rings. The van der Waals surface area contributed by atoms with Gasteiger partial charge in [-0.1, -0.05) is 30.3 Å². The van der Waals surface area contributed by atoms with Crippen LogP contribution in [0.25, 0.3) is 0 Å². The third-order valence-electron chi connectivity index (χ3n) is 5.38. The SMILES string of the molecule is COc1ccc(NC(=O)CNC(=O)CN(C(=O)[C@@H]2C[C@H]2c2ccccc2)C(C)C)cc1. The van der Waals surface area contributed by atoms with Crippen LogP contribution in [0, 0.1) is 5.92 Å². The summed E-state index contributed by atoms with van der Waals surface area (Å²) in [6.45, 7) is 3.55. The Morgan fingerprint density at radius 1 is 1.03 bits per heavy atom. The maximum absolute atomic E-state index is 13.0. The van der Waals surface area contributed by atoms with Gasteiger partial charge >= 0.3 is 0 Å². The fraction of sp³-hybridized carbons (Fsp3) is 0.375. The van der Waals surface area contributed by atoms with Crippen molar-refractivity contribution >= 4 is 23.4 Å². The van der Waals surface area contributed by atoms with Gasteiger partial charge in [0.1, 0.15) is 5.75 Å². The number of hydrogen-bond acceptors (Lipinski definition) is 4. The number of methoxy groups -OCH3 is 1. The summed E-state index contributed by atoms with van der Waals surface area (Å²) in [5, 5.41) is 5.31. The summed E-state index contributed by atoms with van der Waals surface area (Å²) in [6, 6.07) is 16.8. The highest BCUT2D eigenvalue weighted by Gasteiger charge is 2.46. The molecule has 0 spiro atoms. The Kier molecular flexibility index (Phi) is 7.28. The summed E-state index contributed by atoms with van der Waals surface area (Å²) >= 11 is 0. The number of ether oxygens (including phenoxy) is 1. The van der Waals surface area contributed by atoms with Crippen molar-refractivity contribution in [2.24, 2.45) is 5.92 Å². The molecule has 3 rings (SSSR count). The average Bonchev–Trinajstić information content (AvgIpc) is 3.57. The first-order chi connectivity index (χ1) is 14.9. The topological polar surface area (TPSA) is 87.7 Å². The molecule has 7 nitrogen and oxygen atoms in total. The summed E-state index contributed by atoms with van der Waals surface area (Å²) in [5.41, 5.74) is 1.77. The smallest absolute Gasteiger partial charge is 0.243 e. The number of nitrogens with one attached hydrogen (secondary N) is 2. The first-order valence-electron chi connectivity index (χ1n) is 10.4. The molecule has 1 aliphatic rings. The molecule has 0 aliphatic heterocycles. The van der Waals surface area contributed by atoms with Crippen LogP contribution in [-0.4, -0.2) is 48.9 Å². The van der Waals surface area contributed by atoms with E-state index in [4.69, 9.17) is 4.74 Å². The maximum atomic E-state index is 13.0. The number of carbonyl (C=O) groups is 3. The molecule has 0 unspecified atom stereocenters. The summed E-state index contributed by atoms with van der Waals surface area (Å²) < 4.78 is 5.08. The molecule has 1 saturated carbocycles. The van der Waals surface area contributed by atoms with Crippen LogP contribution in [0.4, 0.5) is 5.69 Å². The Bertz CT molecular complexity index is 912. The first-order valence-corrected chi connectivity index (χ1v) is 10.4. The molecule has 2 aromatic rings. The zero-order chi connectivity index (χ0) is 22.4. The average molecular weight is 424 g/mol. The fourth-order valence-electron chi connectivity index (χ4n) is 3.53. The van der Waals surface area contributed by atoms with Crippen LogP contribution in [0.5, 0.6) is 5.75 Å². The third-order valence-corrected chi connectivity index (χ3v) is 5.38. The molecule has 0 radical (unpaired) electrons. The largest absolute Gasteiger partial charge is 0.497 e. The molecular formula is C24H29N3O4. The van der Waals surface area contributed by atoms with E-state index in [-0.39, 0.29) is 48.7 Å². The van der Waals surface area contributed by atoms with Crippen LogP contribution in [0.3, 0.4) is 0 Å². The Morgan fingerprint density at radius 3 is 2.32 bits per heavy atom. The van der Waals surface area contributed by atoms with E-state index in [9.17, 15) is 14.4 Å². The highest BCUT2D eigenvalue weighted by atomic mass is 16.5. The van der Waals surface area contributed by atoms with E-state index in [1.54, 1.807) is 36.3 Å². The molecule has 164 valence electrons. The molecule has 0 saturated heterocycles. The standard InChI is InChI=1S/C24H29N3O4/c1-16(2)27(24(30)21-13-20(21)17-7-5-4-6-8-17)15-23(29)25-14-22(28)26-18-9-11-19(31-3)12-10-18/h4-12,16,20-21H,13-15H2,1-3H3,(H,25,29)(H,26,28)/t20-,21+/m0/s1. The van der Waals surface area contributed by atoms with Crippen molar-refractivity contribution in [1.82, 2.24) is 10.2 Å². The van der Waals surface area contributed by atoms with Gasteiger partial charge in [0.15, 0.2) is 0 Å². The molecule has 3 amide bonds. The zero-order valence-electron chi connectivity index (χ0n) is 18.1. The predicted molar refractivity (Wildman–Crippen MR) is 119 cm³/mol. The van der Waals surface area contributed by atoms with Gasteiger partial charge in [-0.15, -0.1) is 0 Å². The Morgan fingerprint density at radius 2 is 1.71 bits per heavy atom. The second-order valence-corrected chi connectivity index (χ2v) is 7.97. The van der Waals surface area contributed by atoms with Crippen molar-refractivity contribution in [2.75, 3.05) is 25.5 Å². The summed E-state index contributed by atoms with van der Waals surface area (Å²) in [7, 11) is 1.57. The van der Waals surface area contributed by atoms with E-state index >= 15 is 0 Å². The van der Waals surface area contributed by atoms with Gasteiger partial charge in [0.05, 0.1) is 20.2 Å². The van der Waals surface area contributed by atoms with Gasteiger partial charge in [0, 0.05) is 17.6 Å². The van der Waals surface area contributed by atoms with Crippen LogP contribution >= 0.6 is 0 Å². The van der Waals surface area contributed by atoms with Crippen molar-refractivity contribution in [3.63, 3.8) is 0 Å². The van der Waals surface area contributed by atoms with Gasteiger partial charge in [0.25, 0.3) is 0 Å². The fourth-order valence-corrected chi connectivity index (χ4v) is 3.53. The highest BCUT2D eigenvalue weighted by molar-refractivity contribution is 5.95. The summed E-state index contributed by atoms with van der Waals surface area (Å²) in [5.74, 6) is 0.108. The molecule has 31 heavy (non-hydrogen) atoms. The second-order valence-electron chi connectivity index (χ2n) is 7.97. The van der Waals surface area contributed by atoms with Crippen LogP contribution in [0.1, 0.15) is 31.7 Å². The maximum Gasteiger partial charge on any atom is 0.243 e. The van der Waals surface area contributed by atoms with Gasteiger partial charge in [-0.2, -0.15) is 0 Å². The minimum absolute atomic E-state index is 0.0123. The van der Waals surface area contributed by atoms with Crippen molar-refractivity contribution in [2.45, 2.75) is 32.2 Å². The molecule has 2 atom stereocenters. The molecule has 0 aromatic heterocycles. The Balaban J connectivity index is 1.48. The lowest BCUT2D eigenvalue weighted by atomic mass is 10.1. The lowest BCUT2D eigenvalue weighted by molar-refractivity contribution is -0.139. The zero-order valence-corrected chi connectivity index (χ0v) is 18.1. The van der Waals surface area contributed by atoms with E-state index in [1.165, 1.54) is 0 Å². The normalized spacial score (nSPS) is 17.0. The van der Waals surface area contributed by atoms with Gasteiger partial charge in [-0.3, -0.25) is 14.4 Å². The first kappa shape index (κ1) is 22.3. The Labute approximate surface area is 182 Å². The summed E-state index contributed by atoms with van der Waals surface area (Å²) in [6.07, 6.45) is 0.804. The van der Waals surface area contributed by atoms with Crippen molar-refractivity contribution in [1.29, 1.82) is 0 Å². The van der Waals surface area contributed by atoms with Gasteiger partial charge in [0.2, 0.25) is 17.7 Å². The number of rotatable bonds is 9. The van der Waals surface area contributed by atoms with E-state index in [0.29, 0.717) is 11.4 Å². The highest BCUT2D eigenvalue weighted by Crippen LogP contribution is 2.48. The van der Waals surface area contributed by atoms with E-state index in [1.807, 2.05) is 44.2 Å². The number of benzene rings is 2. The quantitative estimate of drug-likeness (QED) is 0.649. The van der Waals surface area contributed by atoms with E-state index < -0.39 is 0 Å². The Hall–Kier alpha value is -3.35. The number of hydrogen-bond donors (Lipinski definition) is 2. The van der Waals surface area contributed by atoms with E-state index in [0.717, 1.165) is 12.0 Å². The lowest BCUT2D eigenvalue weighted by Crippen LogP contribution is -2.46. The molecule has 0 bridgehead atoms. The molecule has 0 heterocycles. The number of carbonyl (C=O) groups excluding carboxylic acids is 3. The van der Waals surface area contributed by atoms with Crippen molar-refractivity contribution in [3.8, 4) is 5.75 Å². The molecule has 2 aromatic carbocycles. The van der Waals surface area contributed by atoms with Gasteiger partial charge < -0.3 is 20.3 Å². The second kappa shape index (κ2) is 10.1. The van der Waals surface area contributed by atoms with Crippen LogP contribution < -0.4 is 15.4 Å². The molecule has 2 N–H and O–H groups in total. The van der Waals surface area contributed by atoms with Crippen LogP contribution in [-0.2, 0) is 14.4 Å². The minimum atomic E-state index is -0.358. The molecule has 1 aliphatic carbocycles. The number of nitrogens with zero attached hydrogens (tertiary/aromatic N) is 1. The van der Waals surface area contributed by atoms with Crippen LogP contribution in [0.2, 0.25) is 0 Å². The number of amides is 3. The minimum Gasteiger partial charge on any atom is -0.497 e. The monoisotopic (exact) mass is 423 g/mol. The molecular weight excluding hydrogens is 394 g/mol. The predicted octanol–water partition coefficient (Wildman–Crippen LogP) is 2.79. The van der Waals surface area contributed by atoms with Gasteiger partial charge in [-0.25, -0.2) is 0 Å².